The number of carbonyl (C=O) groups excluding carboxylic acids is 1. The van der Waals surface area contributed by atoms with E-state index >= 15 is 0 Å². The zero-order valence-electron chi connectivity index (χ0n) is 19.6. The fourth-order valence-electron chi connectivity index (χ4n) is 4.59. The number of hydrogen-bond donors (Lipinski definition) is 1. The monoisotopic (exact) mass is 529 g/mol. The number of benzene rings is 2. The van der Waals surface area contributed by atoms with Crippen LogP contribution in [0, 0.1) is 5.82 Å². The molecule has 1 aliphatic rings. The molecule has 7 nitrogen and oxygen atoms in total. The van der Waals surface area contributed by atoms with Crippen molar-refractivity contribution in [2.24, 2.45) is 0 Å². The molecule has 0 radical (unpaired) electrons. The number of nitrogens with zero attached hydrogens (tertiary/aromatic N) is 2. The molecule has 0 aliphatic carbocycles. The molecule has 37 heavy (non-hydrogen) atoms. The van der Waals surface area contributed by atoms with Gasteiger partial charge in [-0.2, -0.15) is 8.78 Å². The van der Waals surface area contributed by atoms with Gasteiger partial charge in [-0.15, -0.1) is 0 Å². The lowest BCUT2D eigenvalue weighted by Gasteiger charge is -2.24. The molecule has 1 aliphatic heterocycles. The minimum absolute atomic E-state index is 0.0101. The number of sulfone groups is 1. The molecule has 5 rings (SSSR count). The highest BCUT2D eigenvalue weighted by molar-refractivity contribution is 7.91. The lowest BCUT2D eigenvalue weighted by Crippen LogP contribution is -2.46. The van der Waals surface area contributed by atoms with Crippen LogP contribution in [0.4, 0.5) is 13.2 Å². The number of rotatable bonds is 6. The van der Waals surface area contributed by atoms with Gasteiger partial charge in [0.25, 0.3) is 5.91 Å². The Kier molecular flexibility index (Phi) is 6.18. The molecule has 2 aromatic carbocycles. The van der Waals surface area contributed by atoms with E-state index in [9.17, 15) is 26.4 Å². The third kappa shape index (κ3) is 5.17. The molecule has 11 heteroatoms. The van der Waals surface area contributed by atoms with Gasteiger partial charge in [-0.3, -0.25) is 4.79 Å². The Balaban J connectivity index is 1.59. The molecule has 1 fully saturated rings. The molecular weight excluding hydrogens is 507 g/mol. The van der Waals surface area contributed by atoms with Crippen molar-refractivity contribution in [1.82, 2.24) is 14.9 Å². The molecular formula is C26H22F3N3O4S. The first-order valence-electron chi connectivity index (χ1n) is 11.4. The second-order valence-electron chi connectivity index (χ2n) is 9.24. The summed E-state index contributed by atoms with van der Waals surface area (Å²) in [5, 5.41) is 3.53. The average Bonchev–Trinajstić information content (AvgIpc) is 3.35. The first kappa shape index (κ1) is 24.8. The summed E-state index contributed by atoms with van der Waals surface area (Å²) in [4.78, 5) is 17.3. The van der Waals surface area contributed by atoms with Gasteiger partial charge in [0.2, 0.25) is 0 Å². The van der Waals surface area contributed by atoms with Gasteiger partial charge in [0, 0.05) is 22.7 Å². The second kappa shape index (κ2) is 9.22. The molecule has 1 amide bonds. The number of amides is 1. The normalized spacial score (nSPS) is 18.8. The second-order valence-corrected chi connectivity index (χ2v) is 11.4. The highest BCUT2D eigenvalue weighted by Crippen LogP contribution is 2.35. The molecule has 0 unspecified atom stereocenters. The van der Waals surface area contributed by atoms with E-state index in [-0.39, 0.29) is 17.3 Å². The maximum atomic E-state index is 13.5. The van der Waals surface area contributed by atoms with Gasteiger partial charge in [0.05, 0.1) is 28.8 Å². The number of carbonyl (C=O) groups is 1. The number of alkyl halides is 2. The largest absolute Gasteiger partial charge is 0.435 e. The van der Waals surface area contributed by atoms with Crippen LogP contribution in [0.2, 0.25) is 0 Å². The molecule has 0 bridgehead atoms. The fraction of sp³-hybridized carbons (Fsp3) is 0.231. The van der Waals surface area contributed by atoms with Crippen molar-refractivity contribution in [1.29, 1.82) is 0 Å². The zero-order valence-corrected chi connectivity index (χ0v) is 20.4. The van der Waals surface area contributed by atoms with Gasteiger partial charge in [0.15, 0.2) is 9.84 Å². The highest BCUT2D eigenvalue weighted by Gasteiger charge is 2.39. The molecule has 1 N–H and O–H groups in total. The summed E-state index contributed by atoms with van der Waals surface area (Å²) in [6.07, 6.45) is 3.11. The van der Waals surface area contributed by atoms with Crippen LogP contribution in [0.25, 0.3) is 27.8 Å². The Bertz CT molecular complexity index is 1600. The Morgan fingerprint density at radius 1 is 1.16 bits per heavy atom. The molecule has 4 aromatic rings. The van der Waals surface area contributed by atoms with Gasteiger partial charge >= 0.3 is 6.61 Å². The molecule has 2 aromatic heterocycles. The maximum absolute atomic E-state index is 13.5. The van der Waals surface area contributed by atoms with E-state index in [1.165, 1.54) is 24.3 Å². The van der Waals surface area contributed by atoms with Crippen molar-refractivity contribution in [3.63, 3.8) is 0 Å². The summed E-state index contributed by atoms with van der Waals surface area (Å²) in [5.41, 5.74) is 1.22. The Hall–Kier alpha value is -3.86. The predicted molar refractivity (Wildman–Crippen MR) is 132 cm³/mol. The Morgan fingerprint density at radius 2 is 1.97 bits per heavy atom. The van der Waals surface area contributed by atoms with Gasteiger partial charge in [-0.1, -0.05) is 18.2 Å². The third-order valence-corrected chi connectivity index (χ3v) is 8.22. The van der Waals surface area contributed by atoms with E-state index in [0.717, 1.165) is 6.20 Å². The van der Waals surface area contributed by atoms with Gasteiger partial charge in [-0.25, -0.2) is 17.8 Å². The minimum atomic E-state index is -3.22. The van der Waals surface area contributed by atoms with Crippen LogP contribution >= 0.6 is 0 Å². The zero-order chi connectivity index (χ0) is 26.4. The number of nitrogens with one attached hydrogen (secondary N) is 1. The molecule has 192 valence electrons. The van der Waals surface area contributed by atoms with E-state index in [4.69, 9.17) is 0 Å². The molecule has 3 heterocycles. The predicted octanol–water partition coefficient (Wildman–Crippen LogP) is 4.74. The van der Waals surface area contributed by atoms with E-state index in [1.807, 2.05) is 0 Å². The lowest BCUT2D eigenvalue weighted by molar-refractivity contribution is -0.0498. The Labute approximate surface area is 210 Å². The summed E-state index contributed by atoms with van der Waals surface area (Å²) in [6.45, 7) is -1.27. The SMILES string of the molecule is C[C@@]1(NC(=O)c2ccc3c(-c4cccc(OC(F)F)c4)cn(-c4ccc(F)cn4)c3c2)CCS(=O)(=O)C1. The van der Waals surface area contributed by atoms with Crippen LogP contribution in [0.5, 0.6) is 5.75 Å². The fourth-order valence-corrected chi connectivity index (χ4v) is 6.69. The van der Waals surface area contributed by atoms with Crippen LogP contribution in [0.1, 0.15) is 23.7 Å². The first-order valence-corrected chi connectivity index (χ1v) is 13.2. The van der Waals surface area contributed by atoms with E-state index < -0.39 is 33.7 Å². The van der Waals surface area contributed by atoms with Gasteiger partial charge in [0.1, 0.15) is 17.4 Å². The van der Waals surface area contributed by atoms with Crippen molar-refractivity contribution in [2.45, 2.75) is 25.5 Å². The lowest BCUT2D eigenvalue weighted by atomic mass is 10.0. The summed E-state index contributed by atoms with van der Waals surface area (Å²) in [5.74, 6) is -0.703. The number of ether oxygens (including phenoxy) is 1. The number of fused-ring (bicyclic) bond motifs is 1. The molecule has 0 spiro atoms. The van der Waals surface area contributed by atoms with E-state index in [1.54, 1.807) is 48.0 Å². The maximum Gasteiger partial charge on any atom is 0.387 e. The summed E-state index contributed by atoms with van der Waals surface area (Å²) < 4.78 is 69.2. The summed E-state index contributed by atoms with van der Waals surface area (Å²) >= 11 is 0. The van der Waals surface area contributed by atoms with Crippen LogP contribution in [0.3, 0.4) is 0 Å². The van der Waals surface area contributed by atoms with Crippen molar-refractivity contribution in [3.05, 3.63) is 78.4 Å². The average molecular weight is 530 g/mol. The molecule has 1 atom stereocenters. The summed E-state index contributed by atoms with van der Waals surface area (Å²) in [6, 6.07) is 13.9. The van der Waals surface area contributed by atoms with Crippen molar-refractivity contribution in [2.75, 3.05) is 11.5 Å². The van der Waals surface area contributed by atoms with Crippen molar-refractivity contribution in [3.8, 4) is 22.7 Å². The van der Waals surface area contributed by atoms with Crippen molar-refractivity contribution < 1.29 is 31.1 Å². The quantitative estimate of drug-likeness (QED) is 0.390. The topological polar surface area (TPSA) is 90.3 Å². The number of aromatic nitrogens is 2. The van der Waals surface area contributed by atoms with Crippen LogP contribution in [-0.2, 0) is 9.84 Å². The Morgan fingerprint density at radius 3 is 2.65 bits per heavy atom. The highest BCUT2D eigenvalue weighted by atomic mass is 32.2. The van der Waals surface area contributed by atoms with Crippen molar-refractivity contribution >= 4 is 26.6 Å². The smallest absolute Gasteiger partial charge is 0.387 e. The van der Waals surface area contributed by atoms with Gasteiger partial charge in [-0.05, 0) is 55.3 Å². The number of halogens is 3. The van der Waals surface area contributed by atoms with E-state index in [2.05, 4.69) is 15.0 Å². The third-order valence-electron chi connectivity index (χ3n) is 6.32. The number of hydrogen-bond acceptors (Lipinski definition) is 5. The first-order chi connectivity index (χ1) is 17.5. The van der Waals surface area contributed by atoms with Gasteiger partial charge < -0.3 is 14.6 Å². The molecule has 1 saturated heterocycles. The van der Waals surface area contributed by atoms with E-state index in [0.29, 0.717) is 39.8 Å². The minimum Gasteiger partial charge on any atom is -0.435 e. The van der Waals surface area contributed by atoms with Crippen LogP contribution in [-0.4, -0.2) is 47.5 Å². The summed E-state index contributed by atoms with van der Waals surface area (Å²) in [7, 11) is -3.22. The number of pyridine rings is 1. The molecule has 0 saturated carbocycles. The van der Waals surface area contributed by atoms with Crippen LogP contribution < -0.4 is 10.1 Å². The van der Waals surface area contributed by atoms with Crippen LogP contribution in [0.15, 0.2) is 67.0 Å². The standard InChI is InChI=1S/C26H22F3N3O4S/c1-26(9-10-37(34,35)15-26)31-24(33)17-5-7-20-21(16-3-2-4-19(11-16)36-25(28)29)14-32(22(20)12-17)23-8-6-18(27)13-30-23/h2-8,11-14,25H,9-10,15H2,1H3,(H,31,33)/t26-/m1/s1.